The molecular formula is C19H18ClN7. The maximum absolute atomic E-state index is 6.32. The molecule has 1 aliphatic rings. The van der Waals surface area contributed by atoms with Gasteiger partial charge in [-0.15, -0.1) is 5.10 Å². The molecule has 1 aromatic carbocycles. The van der Waals surface area contributed by atoms with Gasteiger partial charge in [-0.2, -0.15) is 4.68 Å². The minimum absolute atomic E-state index is 0.359. The lowest BCUT2D eigenvalue weighted by Crippen LogP contribution is -2.30. The molecule has 5 rings (SSSR count). The van der Waals surface area contributed by atoms with Crippen LogP contribution in [-0.2, 0) is 0 Å². The van der Waals surface area contributed by atoms with E-state index in [-0.39, 0.29) is 0 Å². The van der Waals surface area contributed by atoms with E-state index >= 15 is 0 Å². The SMILES string of the molecule is C=C(Cl)c1nc2c(N3CCCCC3)nccn2c1-n1nnc2ccccc21. The highest BCUT2D eigenvalue weighted by atomic mass is 35.5. The first-order valence-corrected chi connectivity index (χ1v) is 9.39. The quantitative estimate of drug-likeness (QED) is 0.543. The van der Waals surface area contributed by atoms with Crippen LogP contribution in [0.15, 0.2) is 43.2 Å². The van der Waals surface area contributed by atoms with Crippen LogP contribution in [0.2, 0.25) is 0 Å². The zero-order valence-corrected chi connectivity index (χ0v) is 15.5. The predicted molar refractivity (Wildman–Crippen MR) is 106 cm³/mol. The highest BCUT2D eigenvalue weighted by Crippen LogP contribution is 2.31. The van der Waals surface area contributed by atoms with Crippen molar-refractivity contribution in [1.29, 1.82) is 0 Å². The number of imidazole rings is 1. The summed E-state index contributed by atoms with van der Waals surface area (Å²) in [7, 11) is 0. The van der Waals surface area contributed by atoms with Gasteiger partial charge >= 0.3 is 0 Å². The third-order valence-electron chi connectivity index (χ3n) is 4.96. The predicted octanol–water partition coefficient (Wildman–Crippen LogP) is 3.66. The van der Waals surface area contributed by atoms with Gasteiger partial charge in [-0.05, 0) is 31.4 Å². The molecule has 1 fully saturated rings. The summed E-state index contributed by atoms with van der Waals surface area (Å²) >= 11 is 6.32. The van der Waals surface area contributed by atoms with Crippen LogP contribution in [0.4, 0.5) is 5.82 Å². The van der Waals surface area contributed by atoms with E-state index in [1.54, 1.807) is 10.9 Å². The Morgan fingerprint density at radius 2 is 1.93 bits per heavy atom. The summed E-state index contributed by atoms with van der Waals surface area (Å²) in [5, 5.41) is 8.97. The molecule has 0 amide bonds. The zero-order valence-electron chi connectivity index (χ0n) is 14.7. The number of para-hydroxylation sites is 1. The van der Waals surface area contributed by atoms with Crippen molar-refractivity contribution in [3.63, 3.8) is 0 Å². The maximum atomic E-state index is 6.32. The van der Waals surface area contributed by atoms with Crippen LogP contribution in [0.3, 0.4) is 0 Å². The van der Waals surface area contributed by atoms with Crippen molar-refractivity contribution in [2.24, 2.45) is 0 Å². The first-order valence-electron chi connectivity index (χ1n) is 9.01. The van der Waals surface area contributed by atoms with E-state index in [0.717, 1.165) is 41.4 Å². The molecular weight excluding hydrogens is 362 g/mol. The number of hydrogen-bond acceptors (Lipinski definition) is 5. The number of fused-ring (bicyclic) bond motifs is 2. The average molecular weight is 380 g/mol. The van der Waals surface area contributed by atoms with Crippen LogP contribution in [0.25, 0.3) is 27.5 Å². The molecule has 0 N–H and O–H groups in total. The Morgan fingerprint density at radius 1 is 1.11 bits per heavy atom. The van der Waals surface area contributed by atoms with Crippen molar-refractivity contribution in [3.05, 3.63) is 48.9 Å². The van der Waals surface area contributed by atoms with Crippen LogP contribution < -0.4 is 4.90 Å². The van der Waals surface area contributed by atoms with E-state index in [1.807, 2.05) is 34.9 Å². The molecule has 0 atom stereocenters. The Labute approximate surface area is 160 Å². The standard InChI is InChI=1S/C19H18ClN7/c1-13(20)16-19(27-15-8-4-3-7-14(15)23-24-27)26-12-9-21-17(18(26)22-16)25-10-5-2-6-11-25/h3-4,7-9,12H,1-2,5-6,10-11H2. The van der Waals surface area contributed by atoms with Gasteiger partial charge in [-0.3, -0.25) is 4.40 Å². The highest BCUT2D eigenvalue weighted by molar-refractivity contribution is 6.48. The number of aromatic nitrogens is 6. The van der Waals surface area contributed by atoms with Gasteiger partial charge in [0.25, 0.3) is 0 Å². The van der Waals surface area contributed by atoms with Crippen LogP contribution in [-0.4, -0.2) is 42.5 Å². The molecule has 0 saturated carbocycles. The first kappa shape index (κ1) is 16.3. The summed E-state index contributed by atoms with van der Waals surface area (Å²) < 4.78 is 3.74. The van der Waals surface area contributed by atoms with Gasteiger partial charge in [0.2, 0.25) is 0 Å². The van der Waals surface area contributed by atoms with Crippen molar-refractivity contribution in [2.45, 2.75) is 19.3 Å². The van der Waals surface area contributed by atoms with Gasteiger partial charge in [0, 0.05) is 25.5 Å². The highest BCUT2D eigenvalue weighted by Gasteiger charge is 2.23. The molecule has 0 aliphatic carbocycles. The first-order chi connectivity index (χ1) is 13.2. The summed E-state index contributed by atoms with van der Waals surface area (Å²) in [4.78, 5) is 11.7. The number of hydrogen-bond donors (Lipinski definition) is 0. The van der Waals surface area contributed by atoms with Crippen LogP contribution in [0, 0.1) is 0 Å². The van der Waals surface area contributed by atoms with E-state index in [4.69, 9.17) is 16.6 Å². The van der Waals surface area contributed by atoms with Crippen molar-refractivity contribution < 1.29 is 0 Å². The molecule has 8 heteroatoms. The molecule has 0 spiro atoms. The van der Waals surface area contributed by atoms with Crippen LogP contribution in [0.5, 0.6) is 0 Å². The summed E-state index contributed by atoms with van der Waals surface area (Å²) in [5.74, 6) is 1.59. The number of rotatable bonds is 3. The van der Waals surface area contributed by atoms with Crippen molar-refractivity contribution in [3.8, 4) is 5.82 Å². The largest absolute Gasteiger partial charge is 0.354 e. The number of nitrogens with zero attached hydrogens (tertiary/aromatic N) is 7. The van der Waals surface area contributed by atoms with Gasteiger partial charge in [0.05, 0.1) is 10.5 Å². The topological polar surface area (TPSA) is 64.1 Å². The molecule has 0 unspecified atom stereocenters. The summed E-state index contributed by atoms with van der Waals surface area (Å²) in [6.45, 7) is 5.88. The molecule has 7 nitrogen and oxygen atoms in total. The van der Waals surface area contributed by atoms with E-state index in [0.29, 0.717) is 10.7 Å². The van der Waals surface area contributed by atoms with Crippen molar-refractivity contribution in [2.75, 3.05) is 18.0 Å². The second kappa shape index (κ2) is 6.35. The molecule has 0 bridgehead atoms. The van der Waals surface area contributed by atoms with Crippen molar-refractivity contribution in [1.82, 2.24) is 29.4 Å². The number of benzene rings is 1. The van der Waals surface area contributed by atoms with E-state index in [1.165, 1.54) is 19.3 Å². The number of anilines is 1. The normalized spacial score (nSPS) is 14.9. The van der Waals surface area contributed by atoms with E-state index in [9.17, 15) is 0 Å². The minimum atomic E-state index is 0.359. The Hall–Kier alpha value is -2.93. The number of halogens is 1. The minimum Gasteiger partial charge on any atom is -0.354 e. The van der Waals surface area contributed by atoms with E-state index < -0.39 is 0 Å². The molecule has 0 radical (unpaired) electrons. The smallest absolute Gasteiger partial charge is 0.182 e. The fourth-order valence-electron chi connectivity index (χ4n) is 3.69. The van der Waals surface area contributed by atoms with E-state index in [2.05, 4.69) is 26.8 Å². The van der Waals surface area contributed by atoms with Gasteiger partial charge in [0.1, 0.15) is 11.2 Å². The van der Waals surface area contributed by atoms with Gasteiger partial charge in [-0.1, -0.05) is 35.5 Å². The second-order valence-electron chi connectivity index (χ2n) is 6.67. The average Bonchev–Trinajstić information content (AvgIpc) is 3.29. The zero-order chi connectivity index (χ0) is 18.4. The second-order valence-corrected chi connectivity index (χ2v) is 7.13. The molecule has 136 valence electrons. The lowest BCUT2D eigenvalue weighted by Gasteiger charge is -2.27. The molecule has 4 aromatic rings. The van der Waals surface area contributed by atoms with Crippen LogP contribution >= 0.6 is 11.6 Å². The molecule has 1 saturated heterocycles. The molecule has 27 heavy (non-hydrogen) atoms. The van der Waals surface area contributed by atoms with Gasteiger partial charge < -0.3 is 4.90 Å². The molecule has 3 aromatic heterocycles. The molecule has 4 heterocycles. The Balaban J connectivity index is 1.79. The maximum Gasteiger partial charge on any atom is 0.182 e. The summed E-state index contributed by atoms with van der Waals surface area (Å²) in [5.41, 5.74) is 3.03. The van der Waals surface area contributed by atoms with Gasteiger partial charge in [0.15, 0.2) is 17.3 Å². The van der Waals surface area contributed by atoms with Gasteiger partial charge in [-0.25, -0.2) is 9.97 Å². The summed E-state index contributed by atoms with van der Waals surface area (Å²) in [6.07, 6.45) is 7.26. The lowest BCUT2D eigenvalue weighted by atomic mass is 10.1. The third kappa shape index (κ3) is 2.57. The molecule has 1 aliphatic heterocycles. The monoisotopic (exact) mass is 379 g/mol. The Bertz CT molecular complexity index is 1150. The Kier molecular flexibility index (Phi) is 3.82. The summed E-state index contributed by atoms with van der Waals surface area (Å²) in [6, 6.07) is 7.80. The fourth-order valence-corrected chi connectivity index (χ4v) is 3.82. The third-order valence-corrected chi connectivity index (χ3v) is 5.14. The number of piperidine rings is 1. The van der Waals surface area contributed by atoms with Crippen LogP contribution in [0.1, 0.15) is 25.0 Å². The fraction of sp³-hybridized carbons (Fsp3) is 0.263. The Morgan fingerprint density at radius 3 is 2.74 bits per heavy atom. The van der Waals surface area contributed by atoms with Crippen molar-refractivity contribution >= 4 is 39.1 Å². The lowest BCUT2D eigenvalue weighted by molar-refractivity contribution is 0.573.